The second-order valence-electron chi connectivity index (χ2n) is 8.80. The van der Waals surface area contributed by atoms with E-state index in [0.29, 0.717) is 13.0 Å². The van der Waals surface area contributed by atoms with Crippen molar-refractivity contribution < 1.29 is 24.2 Å². The highest BCUT2D eigenvalue weighted by molar-refractivity contribution is 5.86. The Hall–Kier alpha value is -1.89. The van der Waals surface area contributed by atoms with Gasteiger partial charge in [0, 0.05) is 13.0 Å². The van der Waals surface area contributed by atoms with E-state index in [1.165, 1.54) is 19.3 Å². The van der Waals surface area contributed by atoms with E-state index >= 15 is 0 Å². The quantitative estimate of drug-likeness (QED) is 0.253. The van der Waals surface area contributed by atoms with Crippen LogP contribution in [0.25, 0.3) is 0 Å². The van der Waals surface area contributed by atoms with Crippen molar-refractivity contribution in [1.82, 2.24) is 10.6 Å². The fraction of sp³-hybridized carbons (Fsp3) is 0.792. The lowest BCUT2D eigenvalue weighted by molar-refractivity contribution is -0.137. The highest BCUT2D eigenvalue weighted by atomic mass is 16.5. The molecule has 4 atom stereocenters. The summed E-state index contributed by atoms with van der Waals surface area (Å²) in [5, 5.41) is 14.4. The molecule has 2 fully saturated rings. The summed E-state index contributed by atoms with van der Waals surface area (Å²) >= 11 is 0. The Morgan fingerprint density at radius 1 is 0.968 bits per heavy atom. The number of unbranched alkanes of at least 4 members (excludes halogenated alkanes) is 5. The maximum Gasteiger partial charge on any atom is 0.303 e. The molecule has 2 aliphatic rings. The molecule has 176 valence electrons. The van der Waals surface area contributed by atoms with Gasteiger partial charge >= 0.3 is 5.97 Å². The third-order valence-electron chi connectivity index (χ3n) is 6.35. The maximum atomic E-state index is 12.8. The summed E-state index contributed by atoms with van der Waals surface area (Å²) in [6.45, 7) is 2.87. The lowest BCUT2D eigenvalue weighted by Crippen LogP contribution is -2.44. The second-order valence-corrected chi connectivity index (χ2v) is 8.80. The minimum atomic E-state index is -0.762. The Balaban J connectivity index is 1.67. The van der Waals surface area contributed by atoms with Crippen LogP contribution in [0.2, 0.25) is 0 Å². The first-order chi connectivity index (χ1) is 15.0. The predicted molar refractivity (Wildman–Crippen MR) is 120 cm³/mol. The number of hydrogen-bond donors (Lipinski definition) is 3. The fourth-order valence-corrected chi connectivity index (χ4v) is 4.70. The van der Waals surface area contributed by atoms with Crippen LogP contribution >= 0.6 is 0 Å². The molecule has 0 aromatic carbocycles. The first-order valence-corrected chi connectivity index (χ1v) is 12.1. The molecule has 0 aromatic rings. The van der Waals surface area contributed by atoms with Gasteiger partial charge in [-0.1, -0.05) is 44.8 Å². The molecule has 2 heterocycles. The van der Waals surface area contributed by atoms with E-state index in [4.69, 9.17) is 9.84 Å². The van der Waals surface area contributed by atoms with Crippen LogP contribution in [-0.2, 0) is 19.1 Å². The molecule has 0 aromatic heterocycles. The van der Waals surface area contributed by atoms with Gasteiger partial charge in [0.2, 0.25) is 11.8 Å². The average molecular weight is 437 g/mol. The van der Waals surface area contributed by atoms with Crippen molar-refractivity contribution >= 4 is 17.8 Å². The zero-order chi connectivity index (χ0) is 22.5. The summed E-state index contributed by atoms with van der Waals surface area (Å²) in [5.41, 5.74) is 0. The monoisotopic (exact) mass is 436 g/mol. The predicted octanol–water partition coefficient (Wildman–Crippen LogP) is 3.57. The lowest BCUT2D eigenvalue weighted by atomic mass is 9.76. The number of aliphatic carboxylic acids is 1. The summed E-state index contributed by atoms with van der Waals surface area (Å²) in [6, 6.07) is 0. The zero-order valence-corrected chi connectivity index (χ0v) is 18.9. The number of ether oxygens (including phenoxy) is 1. The van der Waals surface area contributed by atoms with Gasteiger partial charge in [0.15, 0.2) is 0 Å². The number of fused-ring (bicyclic) bond motifs is 2. The average Bonchev–Trinajstić information content (AvgIpc) is 3.35. The van der Waals surface area contributed by atoms with Crippen molar-refractivity contribution in [3.05, 3.63) is 12.2 Å². The van der Waals surface area contributed by atoms with Crippen LogP contribution in [0.5, 0.6) is 0 Å². The van der Waals surface area contributed by atoms with Crippen molar-refractivity contribution in [3.63, 3.8) is 0 Å². The number of carbonyl (C=O) groups excluding carboxylic acids is 2. The standard InChI is InChI=1S/C24H40N2O5/c1-2-3-4-8-11-16-25-21(27)17-26-24(30)23-18(19-14-15-20(23)31-19)12-9-6-5-7-10-13-22(28)29/h5-6,18-20,23H,2-4,7-17H2,1H3,(H,25,27)(H,26,30)(H,28,29)/b6-5-/t18-,19+,20-,23-/m1/s1. The van der Waals surface area contributed by atoms with E-state index < -0.39 is 5.97 Å². The van der Waals surface area contributed by atoms with Crippen LogP contribution in [0.15, 0.2) is 12.2 Å². The Morgan fingerprint density at radius 2 is 1.71 bits per heavy atom. The van der Waals surface area contributed by atoms with Crippen LogP contribution in [-0.4, -0.2) is 48.2 Å². The van der Waals surface area contributed by atoms with Gasteiger partial charge in [0.1, 0.15) is 0 Å². The molecule has 2 amide bonds. The van der Waals surface area contributed by atoms with Crippen molar-refractivity contribution in [2.75, 3.05) is 13.1 Å². The number of carboxylic acids is 1. The van der Waals surface area contributed by atoms with Crippen LogP contribution in [0.1, 0.15) is 84.0 Å². The Kier molecular flexibility index (Phi) is 11.6. The van der Waals surface area contributed by atoms with E-state index in [1.807, 2.05) is 6.08 Å². The highest BCUT2D eigenvalue weighted by Crippen LogP contribution is 2.45. The van der Waals surface area contributed by atoms with E-state index in [9.17, 15) is 14.4 Å². The summed E-state index contributed by atoms with van der Waals surface area (Å²) < 4.78 is 6.01. The number of carbonyl (C=O) groups is 3. The molecule has 0 unspecified atom stereocenters. The molecule has 2 saturated heterocycles. The van der Waals surface area contributed by atoms with E-state index in [-0.39, 0.29) is 48.8 Å². The molecule has 7 nitrogen and oxygen atoms in total. The summed E-state index contributed by atoms with van der Waals surface area (Å²) in [5.74, 6) is -0.957. The second kappa shape index (κ2) is 14.2. The van der Waals surface area contributed by atoms with E-state index in [2.05, 4.69) is 23.6 Å². The molecule has 2 bridgehead atoms. The van der Waals surface area contributed by atoms with Crippen molar-refractivity contribution in [2.24, 2.45) is 11.8 Å². The topological polar surface area (TPSA) is 105 Å². The largest absolute Gasteiger partial charge is 0.481 e. The summed E-state index contributed by atoms with van der Waals surface area (Å²) in [4.78, 5) is 35.4. The maximum absolute atomic E-state index is 12.8. The normalized spacial score (nSPS) is 24.5. The molecule has 0 aliphatic carbocycles. The van der Waals surface area contributed by atoms with E-state index in [1.54, 1.807) is 0 Å². The third-order valence-corrected chi connectivity index (χ3v) is 6.35. The Bertz CT molecular complexity index is 607. The zero-order valence-electron chi connectivity index (χ0n) is 18.9. The first kappa shape index (κ1) is 25.4. The van der Waals surface area contributed by atoms with Gasteiger partial charge in [0.25, 0.3) is 0 Å². The van der Waals surface area contributed by atoms with Gasteiger partial charge < -0.3 is 20.5 Å². The van der Waals surface area contributed by atoms with Gasteiger partial charge in [0.05, 0.1) is 24.7 Å². The Morgan fingerprint density at radius 3 is 2.48 bits per heavy atom. The number of rotatable bonds is 16. The first-order valence-electron chi connectivity index (χ1n) is 12.1. The van der Waals surface area contributed by atoms with Gasteiger partial charge in [-0.25, -0.2) is 0 Å². The molecule has 0 spiro atoms. The number of allylic oxidation sites excluding steroid dienone is 2. The summed E-state index contributed by atoms with van der Waals surface area (Å²) in [7, 11) is 0. The number of amides is 2. The van der Waals surface area contributed by atoms with Gasteiger partial charge in [-0.15, -0.1) is 0 Å². The van der Waals surface area contributed by atoms with Crippen molar-refractivity contribution in [2.45, 2.75) is 96.2 Å². The molecular weight excluding hydrogens is 396 g/mol. The number of nitrogens with one attached hydrogen (secondary N) is 2. The molecule has 31 heavy (non-hydrogen) atoms. The lowest BCUT2D eigenvalue weighted by Gasteiger charge is -2.26. The molecule has 2 aliphatic heterocycles. The molecule has 7 heteroatoms. The minimum absolute atomic E-state index is 0.0257. The SMILES string of the molecule is CCCCCCCNC(=O)CNC(=O)[C@@H]1[C@H](CC/C=C\CCCC(=O)O)[C@@H]2CC[C@H]1O2. The molecule has 3 N–H and O–H groups in total. The third kappa shape index (κ3) is 9.01. The van der Waals surface area contributed by atoms with Gasteiger partial charge in [-0.3, -0.25) is 14.4 Å². The molecule has 0 saturated carbocycles. The minimum Gasteiger partial charge on any atom is -0.481 e. The van der Waals surface area contributed by atoms with Crippen LogP contribution < -0.4 is 10.6 Å². The van der Waals surface area contributed by atoms with Crippen LogP contribution in [0.3, 0.4) is 0 Å². The van der Waals surface area contributed by atoms with E-state index in [0.717, 1.165) is 44.9 Å². The molecule has 0 radical (unpaired) electrons. The van der Waals surface area contributed by atoms with Crippen LogP contribution in [0, 0.1) is 11.8 Å². The molecule has 2 rings (SSSR count). The van der Waals surface area contributed by atoms with Crippen molar-refractivity contribution in [3.8, 4) is 0 Å². The fourth-order valence-electron chi connectivity index (χ4n) is 4.70. The number of carboxylic acid groups (broad SMARTS) is 1. The Labute approximate surface area is 186 Å². The highest BCUT2D eigenvalue weighted by Gasteiger charge is 2.51. The van der Waals surface area contributed by atoms with Crippen LogP contribution in [0.4, 0.5) is 0 Å². The summed E-state index contributed by atoms with van der Waals surface area (Å²) in [6.07, 6.45) is 15.2. The van der Waals surface area contributed by atoms with Crippen molar-refractivity contribution in [1.29, 1.82) is 0 Å². The van der Waals surface area contributed by atoms with Gasteiger partial charge in [-0.2, -0.15) is 0 Å². The number of hydrogen-bond acceptors (Lipinski definition) is 4. The molecular formula is C24H40N2O5. The smallest absolute Gasteiger partial charge is 0.303 e. The van der Waals surface area contributed by atoms with Gasteiger partial charge in [-0.05, 0) is 50.9 Å².